The van der Waals surface area contributed by atoms with Crippen molar-refractivity contribution >= 4 is 17.3 Å². The molecule has 1 saturated carbocycles. The van der Waals surface area contributed by atoms with Crippen LogP contribution in [0.2, 0.25) is 0 Å². The van der Waals surface area contributed by atoms with E-state index in [4.69, 9.17) is 9.73 Å². The second-order valence-corrected chi connectivity index (χ2v) is 8.49. The highest BCUT2D eigenvalue weighted by atomic mass is 32.1. The quantitative estimate of drug-likeness (QED) is 0.394. The highest BCUT2D eigenvalue weighted by Crippen LogP contribution is 2.37. The van der Waals surface area contributed by atoms with Gasteiger partial charge in [0.05, 0.1) is 6.61 Å². The maximum atomic E-state index is 5.71. The third kappa shape index (κ3) is 5.96. The van der Waals surface area contributed by atoms with Gasteiger partial charge in [0.25, 0.3) is 0 Å². The Kier molecular flexibility index (Phi) is 7.77. The molecule has 1 aromatic rings. The Labute approximate surface area is 162 Å². The summed E-state index contributed by atoms with van der Waals surface area (Å²) in [5.41, 5.74) is 0. The first-order chi connectivity index (χ1) is 12.8. The largest absolute Gasteiger partial charge is 0.379 e. The van der Waals surface area contributed by atoms with Crippen LogP contribution < -0.4 is 10.6 Å². The van der Waals surface area contributed by atoms with E-state index in [1.807, 2.05) is 11.3 Å². The van der Waals surface area contributed by atoms with Gasteiger partial charge < -0.3 is 15.4 Å². The number of likely N-dealkylation sites (tertiary alicyclic amines) is 1. The van der Waals surface area contributed by atoms with E-state index in [1.165, 1.54) is 37.1 Å². The van der Waals surface area contributed by atoms with E-state index in [0.29, 0.717) is 12.0 Å². The number of guanidine groups is 1. The lowest BCUT2D eigenvalue weighted by Crippen LogP contribution is -2.41. The Hall–Kier alpha value is -1.11. The molecule has 26 heavy (non-hydrogen) atoms. The minimum atomic E-state index is 0.497. The molecule has 0 aromatic carbocycles. The lowest BCUT2D eigenvalue weighted by Gasteiger charge is -2.38. The summed E-state index contributed by atoms with van der Waals surface area (Å²) in [5, 5.41) is 8.97. The second kappa shape index (κ2) is 10.3. The number of nitrogens with zero attached hydrogens (tertiary/aromatic N) is 2. The summed E-state index contributed by atoms with van der Waals surface area (Å²) in [6.07, 6.45) is 5.20. The van der Waals surface area contributed by atoms with Crippen molar-refractivity contribution in [3.8, 4) is 0 Å². The van der Waals surface area contributed by atoms with Crippen molar-refractivity contribution in [2.75, 3.05) is 46.4 Å². The van der Waals surface area contributed by atoms with Crippen LogP contribution in [0, 0.1) is 11.8 Å². The van der Waals surface area contributed by atoms with Crippen LogP contribution in [0.25, 0.3) is 0 Å². The van der Waals surface area contributed by atoms with Crippen molar-refractivity contribution in [1.29, 1.82) is 0 Å². The predicted molar refractivity (Wildman–Crippen MR) is 110 cm³/mol. The fourth-order valence-electron chi connectivity index (χ4n) is 3.69. The molecule has 1 aliphatic carbocycles. The minimum absolute atomic E-state index is 0.497. The van der Waals surface area contributed by atoms with Crippen LogP contribution in [0.5, 0.6) is 0 Å². The SMILES string of the molecule is CCNC(=NCC1CCCN(C)C1c1cccs1)NCCOCC1CC1. The van der Waals surface area contributed by atoms with Gasteiger partial charge in [-0.25, -0.2) is 0 Å². The summed E-state index contributed by atoms with van der Waals surface area (Å²) in [6.45, 7) is 7.54. The molecule has 6 heteroatoms. The number of aliphatic imine (C=N–C) groups is 1. The van der Waals surface area contributed by atoms with Gasteiger partial charge in [-0.2, -0.15) is 0 Å². The number of nitrogens with one attached hydrogen (secondary N) is 2. The molecular formula is C20H34N4OS. The van der Waals surface area contributed by atoms with Gasteiger partial charge in [-0.3, -0.25) is 9.89 Å². The summed E-state index contributed by atoms with van der Waals surface area (Å²) in [6, 6.07) is 4.93. The smallest absolute Gasteiger partial charge is 0.191 e. The molecule has 2 aliphatic rings. The van der Waals surface area contributed by atoms with E-state index in [1.54, 1.807) is 0 Å². The average Bonchev–Trinajstić information content (AvgIpc) is 3.31. The summed E-state index contributed by atoms with van der Waals surface area (Å²) in [4.78, 5) is 8.87. The van der Waals surface area contributed by atoms with Crippen molar-refractivity contribution in [2.45, 2.75) is 38.6 Å². The average molecular weight is 379 g/mol. The normalized spacial score (nSPS) is 24.6. The number of hydrogen-bond acceptors (Lipinski definition) is 4. The standard InChI is InChI=1S/C20H34N4OS/c1-3-21-20(22-10-12-25-15-16-8-9-16)23-14-17-6-4-11-24(2)19(17)18-7-5-13-26-18/h5,7,13,16-17,19H,3-4,6,8-12,14-15H2,1-2H3,(H2,21,22,23). The number of piperidine rings is 1. The zero-order valence-electron chi connectivity index (χ0n) is 16.2. The van der Waals surface area contributed by atoms with E-state index in [9.17, 15) is 0 Å². The van der Waals surface area contributed by atoms with E-state index in [-0.39, 0.29) is 0 Å². The zero-order chi connectivity index (χ0) is 18.2. The van der Waals surface area contributed by atoms with Gasteiger partial charge in [-0.1, -0.05) is 6.07 Å². The fraction of sp³-hybridized carbons (Fsp3) is 0.750. The fourth-order valence-corrected chi connectivity index (χ4v) is 4.67. The minimum Gasteiger partial charge on any atom is -0.379 e. The van der Waals surface area contributed by atoms with Gasteiger partial charge in [-0.05, 0) is 69.5 Å². The topological polar surface area (TPSA) is 48.9 Å². The molecular weight excluding hydrogens is 344 g/mol. The van der Waals surface area contributed by atoms with Crippen molar-refractivity contribution in [3.05, 3.63) is 22.4 Å². The monoisotopic (exact) mass is 378 g/mol. The van der Waals surface area contributed by atoms with E-state index in [0.717, 1.165) is 44.7 Å². The zero-order valence-corrected chi connectivity index (χ0v) is 17.1. The van der Waals surface area contributed by atoms with Gasteiger partial charge in [0.15, 0.2) is 5.96 Å². The van der Waals surface area contributed by atoms with Crippen LogP contribution in [0.15, 0.2) is 22.5 Å². The summed E-state index contributed by atoms with van der Waals surface area (Å²) in [5.74, 6) is 2.32. The first-order valence-electron chi connectivity index (χ1n) is 10.1. The van der Waals surface area contributed by atoms with Crippen LogP contribution in [0.3, 0.4) is 0 Å². The van der Waals surface area contributed by atoms with Gasteiger partial charge >= 0.3 is 0 Å². The van der Waals surface area contributed by atoms with Crippen LogP contribution in [0.1, 0.15) is 43.5 Å². The maximum Gasteiger partial charge on any atom is 0.191 e. The number of ether oxygens (including phenoxy) is 1. The summed E-state index contributed by atoms with van der Waals surface area (Å²) >= 11 is 1.87. The second-order valence-electron chi connectivity index (χ2n) is 7.51. The van der Waals surface area contributed by atoms with Gasteiger partial charge in [-0.15, -0.1) is 11.3 Å². The lowest BCUT2D eigenvalue weighted by atomic mass is 9.88. The number of thiophene rings is 1. The highest BCUT2D eigenvalue weighted by molar-refractivity contribution is 7.10. The maximum absolute atomic E-state index is 5.71. The molecule has 0 bridgehead atoms. The molecule has 3 rings (SSSR count). The molecule has 1 aliphatic heterocycles. The van der Waals surface area contributed by atoms with Crippen LogP contribution in [-0.4, -0.2) is 57.3 Å². The first kappa shape index (κ1) is 19.6. The van der Waals surface area contributed by atoms with E-state index in [2.05, 4.69) is 47.0 Å². The molecule has 1 aromatic heterocycles. The molecule has 0 spiro atoms. The Morgan fingerprint density at radius 2 is 2.23 bits per heavy atom. The Bertz CT molecular complexity index is 544. The molecule has 2 heterocycles. The molecule has 2 atom stereocenters. The van der Waals surface area contributed by atoms with Gasteiger partial charge in [0, 0.05) is 37.2 Å². The van der Waals surface area contributed by atoms with Crippen molar-refractivity contribution < 1.29 is 4.74 Å². The third-order valence-corrected chi connectivity index (χ3v) is 6.20. The molecule has 146 valence electrons. The van der Waals surface area contributed by atoms with E-state index >= 15 is 0 Å². The molecule has 5 nitrogen and oxygen atoms in total. The lowest BCUT2D eigenvalue weighted by molar-refractivity contribution is 0.127. The molecule has 0 radical (unpaired) electrons. The molecule has 2 unspecified atom stereocenters. The summed E-state index contributed by atoms with van der Waals surface area (Å²) < 4.78 is 5.71. The van der Waals surface area contributed by atoms with Gasteiger partial charge in [0.1, 0.15) is 0 Å². The molecule has 1 saturated heterocycles. The number of hydrogen-bond donors (Lipinski definition) is 2. The van der Waals surface area contributed by atoms with Gasteiger partial charge in [0.2, 0.25) is 0 Å². The predicted octanol–water partition coefficient (Wildman–Crippen LogP) is 3.11. The third-order valence-electron chi connectivity index (χ3n) is 5.26. The molecule has 0 amide bonds. The van der Waals surface area contributed by atoms with E-state index < -0.39 is 0 Å². The number of rotatable bonds is 9. The molecule has 2 N–H and O–H groups in total. The van der Waals surface area contributed by atoms with Crippen LogP contribution in [-0.2, 0) is 4.74 Å². The Morgan fingerprint density at radius 3 is 2.96 bits per heavy atom. The summed E-state index contributed by atoms with van der Waals surface area (Å²) in [7, 11) is 2.25. The Balaban J connectivity index is 1.50. The van der Waals surface area contributed by atoms with Crippen LogP contribution in [0.4, 0.5) is 0 Å². The van der Waals surface area contributed by atoms with Crippen molar-refractivity contribution in [3.63, 3.8) is 0 Å². The van der Waals surface area contributed by atoms with Crippen molar-refractivity contribution in [1.82, 2.24) is 15.5 Å². The van der Waals surface area contributed by atoms with Crippen molar-refractivity contribution in [2.24, 2.45) is 16.8 Å². The highest BCUT2D eigenvalue weighted by Gasteiger charge is 2.31. The Morgan fingerprint density at radius 1 is 1.35 bits per heavy atom. The molecule has 2 fully saturated rings. The van der Waals surface area contributed by atoms with Crippen LogP contribution >= 0.6 is 11.3 Å². The first-order valence-corrected chi connectivity index (χ1v) is 11.0.